The Morgan fingerprint density at radius 2 is 2.20 bits per heavy atom. The first-order valence-electron chi connectivity index (χ1n) is 4.58. The fourth-order valence-corrected chi connectivity index (χ4v) is 2.61. The molecule has 1 aromatic carbocycles. The van der Waals surface area contributed by atoms with Crippen LogP contribution in [0, 0.1) is 3.57 Å². The van der Waals surface area contributed by atoms with Gasteiger partial charge in [0.1, 0.15) is 10.0 Å². The molecule has 0 aliphatic rings. The van der Waals surface area contributed by atoms with Crippen LogP contribution in [-0.2, 0) is 6.42 Å². The van der Waals surface area contributed by atoms with Crippen LogP contribution < -0.4 is 5.73 Å². The second kappa shape index (κ2) is 5.00. The predicted octanol–water partition coefficient (Wildman–Crippen LogP) is 2.31. The Bertz CT molecular complexity index is 455. The quantitative estimate of drug-likeness (QED) is 0.878. The fraction of sp³-hybridized carbons (Fsp3) is 0.200. The van der Waals surface area contributed by atoms with Gasteiger partial charge in [0.05, 0.1) is 0 Å². The van der Waals surface area contributed by atoms with Gasteiger partial charge in [-0.25, -0.2) is 0 Å². The molecule has 0 saturated heterocycles. The summed E-state index contributed by atoms with van der Waals surface area (Å²) in [4.78, 5) is 0. The van der Waals surface area contributed by atoms with Crippen LogP contribution >= 0.6 is 33.9 Å². The van der Waals surface area contributed by atoms with E-state index in [1.807, 2.05) is 6.07 Å². The summed E-state index contributed by atoms with van der Waals surface area (Å²) in [6, 6.07) is 8.25. The third-order valence-electron chi connectivity index (χ3n) is 1.90. The lowest BCUT2D eigenvalue weighted by atomic mass is 10.2. The zero-order valence-electron chi connectivity index (χ0n) is 7.98. The van der Waals surface area contributed by atoms with Crippen molar-refractivity contribution in [2.45, 2.75) is 6.42 Å². The Kier molecular flexibility index (Phi) is 3.66. The molecule has 5 heteroatoms. The topological polar surface area (TPSA) is 51.8 Å². The number of aromatic nitrogens is 2. The third kappa shape index (κ3) is 2.73. The van der Waals surface area contributed by atoms with Crippen molar-refractivity contribution in [1.29, 1.82) is 0 Å². The van der Waals surface area contributed by atoms with Crippen LogP contribution in [0.5, 0.6) is 0 Å². The van der Waals surface area contributed by atoms with E-state index < -0.39 is 0 Å². The van der Waals surface area contributed by atoms with E-state index in [9.17, 15) is 0 Å². The molecular formula is C10H10IN3S. The van der Waals surface area contributed by atoms with E-state index >= 15 is 0 Å². The molecule has 0 spiro atoms. The molecule has 0 saturated carbocycles. The van der Waals surface area contributed by atoms with Gasteiger partial charge in [0, 0.05) is 15.6 Å². The standard InChI is InChI=1S/C10H10IN3S/c11-8-3-1-2-7(6-8)10-14-13-9(15-10)4-5-12/h1-3,6H,4-5,12H2. The number of nitrogens with two attached hydrogens (primary N) is 1. The highest BCUT2D eigenvalue weighted by Crippen LogP contribution is 2.24. The van der Waals surface area contributed by atoms with Gasteiger partial charge in [-0.15, -0.1) is 10.2 Å². The molecular weight excluding hydrogens is 321 g/mol. The monoisotopic (exact) mass is 331 g/mol. The molecule has 0 bridgehead atoms. The van der Waals surface area contributed by atoms with E-state index in [0.29, 0.717) is 6.54 Å². The molecule has 3 nitrogen and oxygen atoms in total. The highest BCUT2D eigenvalue weighted by atomic mass is 127. The first-order chi connectivity index (χ1) is 7.29. The Balaban J connectivity index is 2.29. The van der Waals surface area contributed by atoms with Crippen molar-refractivity contribution in [3.8, 4) is 10.6 Å². The number of halogens is 1. The Hall–Kier alpha value is -0.530. The maximum absolute atomic E-state index is 5.47. The zero-order chi connectivity index (χ0) is 10.7. The summed E-state index contributed by atoms with van der Waals surface area (Å²) in [5.74, 6) is 0. The van der Waals surface area contributed by atoms with Crippen molar-refractivity contribution < 1.29 is 0 Å². The van der Waals surface area contributed by atoms with Gasteiger partial charge in [0.2, 0.25) is 0 Å². The van der Waals surface area contributed by atoms with Gasteiger partial charge in [-0.1, -0.05) is 23.5 Å². The number of hydrogen-bond donors (Lipinski definition) is 1. The Labute approximate surface area is 106 Å². The highest BCUT2D eigenvalue weighted by molar-refractivity contribution is 14.1. The lowest BCUT2D eigenvalue weighted by Gasteiger charge is -1.94. The van der Waals surface area contributed by atoms with E-state index in [0.717, 1.165) is 22.0 Å². The molecule has 0 unspecified atom stereocenters. The van der Waals surface area contributed by atoms with Crippen LogP contribution in [0.2, 0.25) is 0 Å². The van der Waals surface area contributed by atoms with E-state index in [1.54, 1.807) is 11.3 Å². The van der Waals surface area contributed by atoms with E-state index in [4.69, 9.17) is 5.73 Å². The van der Waals surface area contributed by atoms with Gasteiger partial charge in [0.15, 0.2) is 0 Å². The average Bonchev–Trinajstić information content (AvgIpc) is 2.67. The average molecular weight is 331 g/mol. The van der Waals surface area contributed by atoms with Crippen molar-refractivity contribution in [3.63, 3.8) is 0 Å². The second-order valence-corrected chi connectivity index (χ2v) is 5.36. The van der Waals surface area contributed by atoms with Gasteiger partial charge < -0.3 is 5.73 Å². The highest BCUT2D eigenvalue weighted by Gasteiger charge is 2.05. The number of rotatable bonds is 3. The summed E-state index contributed by atoms with van der Waals surface area (Å²) in [7, 11) is 0. The molecule has 1 heterocycles. The molecule has 0 fully saturated rings. The molecule has 2 rings (SSSR count). The normalized spacial score (nSPS) is 10.5. The maximum Gasteiger partial charge on any atom is 0.147 e. The summed E-state index contributed by atoms with van der Waals surface area (Å²) < 4.78 is 1.21. The fourth-order valence-electron chi connectivity index (χ4n) is 1.22. The molecule has 0 amide bonds. The van der Waals surface area contributed by atoms with Crippen LogP contribution in [-0.4, -0.2) is 16.7 Å². The van der Waals surface area contributed by atoms with Crippen molar-refractivity contribution in [1.82, 2.24) is 10.2 Å². The SMILES string of the molecule is NCCc1nnc(-c2cccc(I)c2)s1. The molecule has 78 valence electrons. The molecule has 0 radical (unpaired) electrons. The molecule has 15 heavy (non-hydrogen) atoms. The van der Waals surface area contributed by atoms with Gasteiger partial charge in [-0.05, 0) is 41.3 Å². The van der Waals surface area contributed by atoms with Crippen molar-refractivity contribution in [3.05, 3.63) is 32.8 Å². The Morgan fingerprint density at radius 1 is 1.33 bits per heavy atom. The largest absolute Gasteiger partial charge is 0.330 e. The smallest absolute Gasteiger partial charge is 0.147 e. The Morgan fingerprint density at radius 3 is 2.93 bits per heavy atom. The van der Waals surface area contributed by atoms with Gasteiger partial charge in [0.25, 0.3) is 0 Å². The lowest BCUT2D eigenvalue weighted by Crippen LogP contribution is -2.01. The minimum absolute atomic E-state index is 0.626. The minimum Gasteiger partial charge on any atom is -0.330 e. The zero-order valence-corrected chi connectivity index (χ0v) is 11.0. The number of nitrogens with zero attached hydrogens (tertiary/aromatic N) is 2. The predicted molar refractivity (Wildman–Crippen MR) is 70.8 cm³/mol. The summed E-state index contributed by atoms with van der Waals surface area (Å²) in [5.41, 5.74) is 6.60. The molecule has 0 aliphatic heterocycles. The van der Waals surface area contributed by atoms with Crippen LogP contribution in [0.4, 0.5) is 0 Å². The van der Waals surface area contributed by atoms with Gasteiger partial charge in [-0.2, -0.15) is 0 Å². The van der Waals surface area contributed by atoms with E-state index in [2.05, 4.69) is 51.0 Å². The van der Waals surface area contributed by atoms with E-state index in [-0.39, 0.29) is 0 Å². The molecule has 1 aromatic heterocycles. The van der Waals surface area contributed by atoms with Crippen molar-refractivity contribution in [2.24, 2.45) is 5.73 Å². The maximum atomic E-state index is 5.47. The van der Waals surface area contributed by atoms with E-state index in [1.165, 1.54) is 3.57 Å². The van der Waals surface area contributed by atoms with Gasteiger partial charge >= 0.3 is 0 Å². The first-order valence-corrected chi connectivity index (χ1v) is 6.47. The lowest BCUT2D eigenvalue weighted by molar-refractivity contribution is 0.913. The molecule has 0 atom stereocenters. The summed E-state index contributed by atoms with van der Waals surface area (Å²) in [5, 5.41) is 10.2. The third-order valence-corrected chi connectivity index (χ3v) is 3.60. The summed E-state index contributed by atoms with van der Waals surface area (Å²) in [6.45, 7) is 0.626. The van der Waals surface area contributed by atoms with Crippen molar-refractivity contribution in [2.75, 3.05) is 6.54 Å². The van der Waals surface area contributed by atoms with Gasteiger partial charge in [-0.3, -0.25) is 0 Å². The second-order valence-electron chi connectivity index (χ2n) is 3.05. The minimum atomic E-state index is 0.626. The first kappa shape index (κ1) is 11.0. The van der Waals surface area contributed by atoms with Crippen LogP contribution in [0.25, 0.3) is 10.6 Å². The summed E-state index contributed by atoms with van der Waals surface area (Å²) >= 11 is 3.91. The van der Waals surface area contributed by atoms with Crippen molar-refractivity contribution >= 4 is 33.9 Å². The molecule has 0 aliphatic carbocycles. The molecule has 2 aromatic rings. The molecule has 2 N–H and O–H groups in total. The van der Waals surface area contributed by atoms with Crippen LogP contribution in [0.1, 0.15) is 5.01 Å². The van der Waals surface area contributed by atoms with Crippen LogP contribution in [0.3, 0.4) is 0 Å². The number of hydrogen-bond acceptors (Lipinski definition) is 4. The summed E-state index contributed by atoms with van der Waals surface area (Å²) in [6.07, 6.45) is 0.807. The number of benzene rings is 1. The van der Waals surface area contributed by atoms with Crippen LogP contribution in [0.15, 0.2) is 24.3 Å².